The van der Waals surface area contributed by atoms with Crippen LogP contribution in [0.1, 0.15) is 24.8 Å². The number of hydrogen-bond donors (Lipinski definition) is 0. The van der Waals surface area contributed by atoms with Crippen LogP contribution in [0.15, 0.2) is 24.5 Å². The number of amides is 1. The zero-order chi connectivity index (χ0) is 16.9. The fourth-order valence-electron chi connectivity index (χ4n) is 3.14. The van der Waals surface area contributed by atoms with E-state index in [1.54, 1.807) is 4.90 Å². The van der Waals surface area contributed by atoms with Crippen molar-refractivity contribution in [2.45, 2.75) is 32.2 Å². The molecule has 3 rings (SSSR count). The summed E-state index contributed by atoms with van der Waals surface area (Å²) in [4.78, 5) is 14.1. The molecule has 1 atom stereocenters. The molecule has 0 spiro atoms. The lowest BCUT2D eigenvalue weighted by atomic mass is 9.91. The molecule has 1 aromatic carbocycles. The molecule has 1 saturated heterocycles. The Morgan fingerprint density at radius 3 is 2.79 bits per heavy atom. The summed E-state index contributed by atoms with van der Waals surface area (Å²) in [6.07, 6.45) is 4.27. The molecule has 0 saturated carbocycles. The number of halogens is 2. The first-order valence-corrected chi connectivity index (χ1v) is 8.05. The van der Waals surface area contributed by atoms with Crippen LogP contribution in [0.5, 0.6) is 0 Å². The third-order valence-corrected chi connectivity index (χ3v) is 4.42. The first-order valence-electron chi connectivity index (χ1n) is 8.05. The van der Waals surface area contributed by atoms with Crippen LogP contribution < -0.4 is 0 Å². The van der Waals surface area contributed by atoms with Gasteiger partial charge < -0.3 is 4.90 Å². The van der Waals surface area contributed by atoms with E-state index in [0.717, 1.165) is 12.8 Å². The van der Waals surface area contributed by atoms with Gasteiger partial charge in [-0.05, 0) is 54.2 Å². The molecule has 0 N–H and O–H groups in total. The predicted octanol–water partition coefficient (Wildman–Crippen LogP) is 1.82. The molecule has 1 fully saturated rings. The summed E-state index contributed by atoms with van der Waals surface area (Å²) in [7, 11) is 0. The Morgan fingerprint density at radius 2 is 2.08 bits per heavy atom. The molecule has 1 aromatic heterocycles. The van der Waals surface area contributed by atoms with Crippen LogP contribution in [-0.4, -0.2) is 44.1 Å². The highest BCUT2D eigenvalue weighted by Gasteiger charge is 2.24. The van der Waals surface area contributed by atoms with E-state index in [0.29, 0.717) is 25.9 Å². The molecule has 0 unspecified atom stereocenters. The Labute approximate surface area is 138 Å². The molecule has 1 amide bonds. The van der Waals surface area contributed by atoms with Gasteiger partial charge in [-0.2, -0.15) is 0 Å². The van der Waals surface area contributed by atoms with Crippen molar-refractivity contribution in [3.8, 4) is 0 Å². The van der Waals surface area contributed by atoms with E-state index in [1.807, 2.05) is 0 Å². The Kier molecular flexibility index (Phi) is 5.12. The fourth-order valence-corrected chi connectivity index (χ4v) is 3.14. The van der Waals surface area contributed by atoms with Gasteiger partial charge in [0.25, 0.3) is 0 Å². The number of carbonyl (C=O) groups excluding carboxylic acids is 1. The topological polar surface area (TPSA) is 63.9 Å². The van der Waals surface area contributed by atoms with Crippen LogP contribution in [-0.2, 0) is 17.8 Å². The van der Waals surface area contributed by atoms with Gasteiger partial charge in [0.1, 0.15) is 24.5 Å². The first-order chi connectivity index (χ1) is 11.6. The van der Waals surface area contributed by atoms with Crippen LogP contribution in [0, 0.1) is 17.6 Å². The van der Waals surface area contributed by atoms with Crippen LogP contribution in [0.3, 0.4) is 0 Å². The fraction of sp³-hybridized carbons (Fsp3) is 0.500. The van der Waals surface area contributed by atoms with Gasteiger partial charge in [0.05, 0.1) is 0 Å². The summed E-state index contributed by atoms with van der Waals surface area (Å²) >= 11 is 0. The normalized spacial score (nSPS) is 17.9. The zero-order valence-corrected chi connectivity index (χ0v) is 13.2. The van der Waals surface area contributed by atoms with E-state index in [4.69, 9.17) is 0 Å². The van der Waals surface area contributed by atoms with E-state index in [9.17, 15) is 13.6 Å². The van der Waals surface area contributed by atoms with Gasteiger partial charge >= 0.3 is 0 Å². The smallest absolute Gasteiger partial charge is 0.244 e. The molecular formula is C16H19F2N5O. The number of carbonyl (C=O) groups is 1. The van der Waals surface area contributed by atoms with Crippen molar-refractivity contribution < 1.29 is 13.6 Å². The van der Waals surface area contributed by atoms with Gasteiger partial charge in [-0.15, -0.1) is 5.10 Å². The number of aromatic nitrogens is 4. The average molecular weight is 335 g/mol. The summed E-state index contributed by atoms with van der Waals surface area (Å²) in [6.45, 7) is 1.42. The SMILES string of the molecule is O=C(Cn1cnnn1)N1CCC[C@@H](CCc2c(F)cccc2F)C1. The lowest BCUT2D eigenvalue weighted by molar-refractivity contribution is -0.133. The molecule has 24 heavy (non-hydrogen) atoms. The van der Waals surface area contributed by atoms with Gasteiger partial charge in [0, 0.05) is 18.7 Å². The summed E-state index contributed by atoms with van der Waals surface area (Å²) in [5, 5.41) is 10.7. The second-order valence-corrected chi connectivity index (χ2v) is 6.09. The van der Waals surface area contributed by atoms with Gasteiger partial charge in [0.2, 0.25) is 5.91 Å². The molecule has 6 nitrogen and oxygen atoms in total. The number of nitrogens with zero attached hydrogens (tertiary/aromatic N) is 5. The molecule has 1 aliphatic rings. The number of rotatable bonds is 5. The second-order valence-electron chi connectivity index (χ2n) is 6.09. The molecule has 8 heteroatoms. The van der Waals surface area contributed by atoms with Crippen molar-refractivity contribution in [1.29, 1.82) is 0 Å². The van der Waals surface area contributed by atoms with Crippen LogP contribution >= 0.6 is 0 Å². The molecule has 128 valence electrons. The van der Waals surface area contributed by atoms with Crippen molar-refractivity contribution in [2.75, 3.05) is 13.1 Å². The lowest BCUT2D eigenvalue weighted by Gasteiger charge is -2.32. The van der Waals surface area contributed by atoms with Crippen molar-refractivity contribution in [3.05, 3.63) is 41.7 Å². The Hall–Kier alpha value is -2.38. The predicted molar refractivity (Wildman–Crippen MR) is 81.8 cm³/mol. The maximum Gasteiger partial charge on any atom is 0.244 e. The van der Waals surface area contributed by atoms with Crippen molar-refractivity contribution >= 4 is 5.91 Å². The quantitative estimate of drug-likeness (QED) is 0.836. The van der Waals surface area contributed by atoms with E-state index in [2.05, 4.69) is 15.5 Å². The Morgan fingerprint density at radius 1 is 1.29 bits per heavy atom. The highest BCUT2D eigenvalue weighted by molar-refractivity contribution is 5.75. The number of hydrogen-bond acceptors (Lipinski definition) is 4. The average Bonchev–Trinajstić information content (AvgIpc) is 3.07. The highest BCUT2D eigenvalue weighted by Crippen LogP contribution is 2.23. The largest absolute Gasteiger partial charge is 0.341 e. The maximum atomic E-state index is 13.7. The molecule has 0 radical (unpaired) electrons. The Balaban J connectivity index is 1.54. The zero-order valence-electron chi connectivity index (χ0n) is 13.2. The molecule has 2 aromatic rings. The van der Waals surface area contributed by atoms with E-state index in [1.165, 1.54) is 29.2 Å². The monoisotopic (exact) mass is 335 g/mol. The molecule has 0 bridgehead atoms. The van der Waals surface area contributed by atoms with Crippen LogP contribution in [0.2, 0.25) is 0 Å². The molecule has 2 heterocycles. The minimum Gasteiger partial charge on any atom is -0.341 e. The number of piperidine rings is 1. The van der Waals surface area contributed by atoms with E-state index >= 15 is 0 Å². The lowest BCUT2D eigenvalue weighted by Crippen LogP contribution is -2.41. The van der Waals surface area contributed by atoms with E-state index in [-0.39, 0.29) is 23.9 Å². The summed E-state index contributed by atoms with van der Waals surface area (Å²) < 4.78 is 28.8. The highest BCUT2D eigenvalue weighted by atomic mass is 19.1. The summed E-state index contributed by atoms with van der Waals surface area (Å²) in [5.41, 5.74) is 0.134. The molecule has 1 aliphatic heterocycles. The minimum atomic E-state index is -0.502. The van der Waals surface area contributed by atoms with Gasteiger partial charge in [-0.25, -0.2) is 13.5 Å². The molecule has 0 aliphatic carbocycles. The van der Waals surface area contributed by atoms with Crippen LogP contribution in [0.25, 0.3) is 0 Å². The van der Waals surface area contributed by atoms with Crippen molar-refractivity contribution in [3.63, 3.8) is 0 Å². The first kappa shape index (κ1) is 16.5. The van der Waals surface area contributed by atoms with Crippen LogP contribution in [0.4, 0.5) is 8.78 Å². The van der Waals surface area contributed by atoms with Gasteiger partial charge in [0.15, 0.2) is 0 Å². The minimum absolute atomic E-state index is 0.0379. The second kappa shape index (κ2) is 7.46. The van der Waals surface area contributed by atoms with Crippen molar-refractivity contribution in [2.24, 2.45) is 5.92 Å². The Bertz CT molecular complexity index is 672. The molecular weight excluding hydrogens is 316 g/mol. The third kappa shape index (κ3) is 3.93. The maximum absolute atomic E-state index is 13.7. The number of likely N-dealkylation sites (tertiary alicyclic amines) is 1. The summed E-state index contributed by atoms with van der Waals surface area (Å²) in [5.74, 6) is -0.797. The van der Waals surface area contributed by atoms with Gasteiger partial charge in [-0.1, -0.05) is 6.07 Å². The standard InChI is InChI=1S/C16H19F2N5O/c17-14-4-1-5-15(18)13(14)7-6-12-3-2-8-22(9-12)16(24)10-23-11-19-20-21-23/h1,4-5,11-12H,2-3,6-10H2/t12-/m0/s1. The number of tetrazole rings is 1. The van der Waals surface area contributed by atoms with Crippen molar-refractivity contribution in [1.82, 2.24) is 25.1 Å². The number of benzene rings is 1. The summed E-state index contributed by atoms with van der Waals surface area (Å²) in [6, 6.07) is 3.93. The van der Waals surface area contributed by atoms with E-state index < -0.39 is 11.6 Å². The van der Waals surface area contributed by atoms with Gasteiger partial charge in [-0.3, -0.25) is 4.79 Å². The third-order valence-electron chi connectivity index (χ3n) is 4.42.